The Labute approximate surface area is 536 Å². The topological polar surface area (TPSA) is 41.1 Å². The highest BCUT2D eigenvalue weighted by atomic mass is 19.3. The van der Waals surface area contributed by atoms with Crippen LogP contribution in [0.1, 0.15) is 23.1 Å². The molecule has 0 atom stereocenters. The minimum absolute atomic E-state index is 0.319. The molecule has 0 saturated carbocycles. The van der Waals surface area contributed by atoms with Crippen molar-refractivity contribution in [2.24, 2.45) is 0 Å². The summed E-state index contributed by atoms with van der Waals surface area (Å²) in [6, 6.07) is 100. The number of alkyl halides is 4. The summed E-state index contributed by atoms with van der Waals surface area (Å²) >= 11 is 0. The van der Waals surface area contributed by atoms with Crippen LogP contribution in [-0.4, -0.2) is 0 Å². The van der Waals surface area contributed by atoms with Gasteiger partial charge in [0.1, 0.15) is 0 Å². The molecule has 13 aromatic rings. The lowest BCUT2D eigenvalue weighted by Crippen LogP contribution is -2.28. The predicted octanol–water partition coefficient (Wildman–Crippen LogP) is 24.2. The van der Waals surface area contributed by atoms with Crippen LogP contribution in [0.25, 0.3) is 71.6 Å². The average Bonchev–Trinajstić information content (AvgIpc) is 1.64. The molecule has 0 N–H and O–H groups in total. The van der Waals surface area contributed by atoms with Crippen LogP contribution in [0.4, 0.5) is 91.5 Å². The van der Waals surface area contributed by atoms with Crippen LogP contribution >= 0.6 is 0 Å². The Morgan fingerprint density at radius 2 is 0.548 bits per heavy atom. The SMILES string of the molecule is [C-]#[N+]c1c(C#N)c(N2c3ccc(-c4ccccc4)cc3N(c3ccc(-c4ccccc4)cc3)c3cc(-c4ccccc4)ccc32)c2c(c1N1c3ccc(-c4ccccc4)cc3N(c3ccc(-c4ccccc4)cc3)c3cc(-c4ccccc4)ccc31)C(F)(F)CC2(F)F. The molecule has 0 fully saturated rings. The molecular weight excluding hydrogens is 1160 g/mol. The Morgan fingerprint density at radius 1 is 0.301 bits per heavy atom. The molecule has 0 unspecified atom stereocenters. The van der Waals surface area contributed by atoms with Crippen LogP contribution < -0.4 is 19.6 Å². The van der Waals surface area contributed by atoms with Crippen LogP contribution in [-0.2, 0) is 11.8 Å². The van der Waals surface area contributed by atoms with E-state index in [1.54, 1.807) is 24.3 Å². The summed E-state index contributed by atoms with van der Waals surface area (Å²) in [6.07, 6.45) is -1.91. The summed E-state index contributed by atoms with van der Waals surface area (Å²) in [6.45, 7) is 9.31. The molecule has 2 aliphatic heterocycles. The lowest BCUT2D eigenvalue weighted by atomic mass is 9.90. The van der Waals surface area contributed by atoms with Gasteiger partial charge in [0.25, 0.3) is 11.8 Å². The monoisotopic (exact) mass is 1210 g/mol. The normalized spacial score (nSPS) is 13.8. The van der Waals surface area contributed by atoms with Crippen LogP contribution in [0.5, 0.6) is 0 Å². The molecule has 0 spiro atoms. The van der Waals surface area contributed by atoms with Gasteiger partial charge in [-0.15, -0.1) is 0 Å². The number of hydrogen-bond acceptors (Lipinski definition) is 5. The summed E-state index contributed by atoms with van der Waals surface area (Å²) in [5.41, 5.74) is 11.3. The first-order valence-electron chi connectivity index (χ1n) is 30.6. The Bertz CT molecular complexity index is 4630. The van der Waals surface area contributed by atoms with Crippen molar-refractivity contribution in [2.45, 2.75) is 18.3 Å². The van der Waals surface area contributed by atoms with Gasteiger partial charge in [0, 0.05) is 16.9 Å². The average molecular weight is 1210 g/mol. The van der Waals surface area contributed by atoms with Gasteiger partial charge in [-0.25, -0.2) is 22.4 Å². The largest absolute Gasteiger partial charge is 0.316 e. The van der Waals surface area contributed by atoms with Gasteiger partial charge in [-0.2, -0.15) is 5.26 Å². The molecule has 13 aromatic carbocycles. The molecule has 0 radical (unpaired) electrons. The molecule has 10 heteroatoms. The molecule has 0 amide bonds. The maximum Gasteiger partial charge on any atom is 0.281 e. The molecule has 6 nitrogen and oxygen atoms in total. The minimum atomic E-state index is -4.27. The van der Waals surface area contributed by atoms with Gasteiger partial charge < -0.3 is 19.6 Å². The second kappa shape index (κ2) is 22.4. The van der Waals surface area contributed by atoms with E-state index in [-0.39, 0.29) is 0 Å². The van der Waals surface area contributed by atoms with Crippen LogP contribution in [0.3, 0.4) is 0 Å². The van der Waals surface area contributed by atoms with Gasteiger partial charge in [-0.05, 0) is 140 Å². The van der Waals surface area contributed by atoms with Crippen LogP contribution in [0, 0.1) is 17.9 Å². The Morgan fingerprint density at radius 3 is 0.828 bits per heavy atom. The zero-order valence-corrected chi connectivity index (χ0v) is 49.8. The van der Waals surface area contributed by atoms with Crippen molar-refractivity contribution in [3.8, 4) is 72.8 Å². The van der Waals surface area contributed by atoms with E-state index in [9.17, 15) is 11.8 Å². The molecule has 0 aromatic heterocycles. The first kappa shape index (κ1) is 56.0. The van der Waals surface area contributed by atoms with Gasteiger partial charge in [0.15, 0.2) is 0 Å². The number of anilines is 12. The summed E-state index contributed by atoms with van der Waals surface area (Å²) in [5, 5.41) is 12.1. The summed E-state index contributed by atoms with van der Waals surface area (Å²) in [5.74, 6) is -8.53. The zero-order valence-electron chi connectivity index (χ0n) is 49.8. The third-order valence-corrected chi connectivity index (χ3v) is 18.0. The number of fused-ring (bicyclic) bond motifs is 5. The minimum Gasteiger partial charge on any atom is -0.316 e. The number of halogens is 4. The van der Waals surface area contributed by atoms with E-state index < -0.39 is 52.0 Å². The highest BCUT2D eigenvalue weighted by Crippen LogP contribution is 2.69. The van der Waals surface area contributed by atoms with Gasteiger partial charge >= 0.3 is 0 Å². The second-order valence-corrected chi connectivity index (χ2v) is 23.4. The van der Waals surface area contributed by atoms with Crippen molar-refractivity contribution in [3.05, 3.63) is 331 Å². The highest BCUT2D eigenvalue weighted by Gasteiger charge is 2.61. The van der Waals surface area contributed by atoms with Crippen molar-refractivity contribution in [1.29, 1.82) is 5.26 Å². The predicted molar refractivity (Wildman–Crippen MR) is 368 cm³/mol. The molecule has 2 heterocycles. The first-order chi connectivity index (χ1) is 45.5. The molecule has 1 aliphatic carbocycles. The van der Waals surface area contributed by atoms with Crippen molar-refractivity contribution < 1.29 is 17.6 Å². The third-order valence-electron chi connectivity index (χ3n) is 18.0. The molecule has 3 aliphatic rings. The molecular formula is C83H52F4N6. The Balaban J connectivity index is 0.982. The van der Waals surface area contributed by atoms with Crippen LogP contribution in [0.2, 0.25) is 0 Å². The number of benzene rings is 13. The second-order valence-electron chi connectivity index (χ2n) is 23.4. The van der Waals surface area contributed by atoms with E-state index in [0.29, 0.717) is 45.5 Å². The third kappa shape index (κ3) is 9.46. The first-order valence-corrected chi connectivity index (χ1v) is 30.6. The van der Waals surface area contributed by atoms with E-state index in [1.807, 2.05) is 279 Å². The van der Waals surface area contributed by atoms with Crippen molar-refractivity contribution in [1.82, 2.24) is 0 Å². The fourth-order valence-corrected chi connectivity index (χ4v) is 13.8. The number of hydrogen-bond donors (Lipinski definition) is 0. The quantitative estimate of drug-likeness (QED) is 0.101. The fraction of sp³-hybridized carbons (Fsp3) is 0.0361. The zero-order chi connectivity index (χ0) is 63.0. The van der Waals surface area contributed by atoms with Crippen LogP contribution in [0.15, 0.2) is 303 Å². The number of nitrogens with zero attached hydrogens (tertiary/aromatic N) is 6. The smallest absolute Gasteiger partial charge is 0.281 e. The standard InChI is InChI=1S/C83H52F4N6/c1-89-79-68(52-88)80(92-69-44-36-62(56-24-12-4-13-25-56)48-73(69)90(66-40-32-60(33-41-66)54-20-8-2-9-21-54)74-49-63(37-45-70(74)92)57-26-14-5-15-27-57)77-78(83(86,87)53-82(77,84)85)81(79)93-71-46-38-64(58-28-16-6-17-29-58)50-75(71)91(67-42-34-61(35-43-67)55-22-10-3-11-23-55)76-51-65(39-47-72(76)93)59-30-18-7-19-31-59/h2-51H,53H2. The lowest BCUT2D eigenvalue weighted by Gasteiger charge is -2.44. The maximum absolute atomic E-state index is 18.4. The summed E-state index contributed by atoms with van der Waals surface area (Å²) in [4.78, 5) is 11.3. The molecule has 93 heavy (non-hydrogen) atoms. The maximum atomic E-state index is 18.4. The summed E-state index contributed by atoms with van der Waals surface area (Å²) in [7, 11) is 0. The van der Waals surface area contributed by atoms with E-state index >= 15 is 17.6 Å². The Kier molecular flexibility index (Phi) is 13.5. The van der Waals surface area contributed by atoms with E-state index in [4.69, 9.17) is 0 Å². The lowest BCUT2D eigenvalue weighted by molar-refractivity contribution is -0.0920. The van der Waals surface area contributed by atoms with Crippen molar-refractivity contribution in [3.63, 3.8) is 0 Å². The highest BCUT2D eigenvalue weighted by molar-refractivity contribution is 6.11. The van der Waals surface area contributed by atoms with E-state index in [0.717, 1.165) is 78.1 Å². The Hall–Kier alpha value is -12.2. The molecule has 0 saturated heterocycles. The van der Waals surface area contributed by atoms with Gasteiger partial charge in [-0.1, -0.05) is 231 Å². The molecule has 16 rings (SSSR count). The molecule has 442 valence electrons. The van der Waals surface area contributed by atoms with Crippen molar-refractivity contribution in [2.75, 3.05) is 19.6 Å². The van der Waals surface area contributed by atoms with Crippen molar-refractivity contribution >= 4 is 73.9 Å². The molecule has 0 bridgehead atoms. The number of nitriles is 1. The van der Waals surface area contributed by atoms with Gasteiger partial charge in [0.05, 0.1) is 87.1 Å². The van der Waals surface area contributed by atoms with Gasteiger partial charge in [0.2, 0.25) is 5.69 Å². The summed E-state index contributed by atoms with van der Waals surface area (Å²) < 4.78 is 73.5. The van der Waals surface area contributed by atoms with E-state index in [2.05, 4.69) is 20.7 Å². The fourth-order valence-electron chi connectivity index (χ4n) is 13.8. The number of rotatable bonds is 10. The van der Waals surface area contributed by atoms with Gasteiger partial charge in [-0.3, -0.25) is 0 Å². The van der Waals surface area contributed by atoms with E-state index in [1.165, 1.54) is 9.80 Å².